The highest BCUT2D eigenvalue weighted by molar-refractivity contribution is 6.31. The van der Waals surface area contributed by atoms with Crippen LogP contribution < -0.4 is 0 Å². The molecule has 3 rings (SSSR count). The second-order valence-electron chi connectivity index (χ2n) is 5.51. The number of carbonyl (C=O) groups excluding carboxylic acids is 3. The van der Waals surface area contributed by atoms with Gasteiger partial charge in [-0.05, 0) is 18.1 Å². The maximum absolute atomic E-state index is 12.3. The van der Waals surface area contributed by atoms with Gasteiger partial charge in [0, 0.05) is 36.8 Å². The van der Waals surface area contributed by atoms with Gasteiger partial charge < -0.3 is 4.98 Å². The average Bonchev–Trinajstić information content (AvgIpc) is 2.98. The Morgan fingerprint density at radius 1 is 1.09 bits per heavy atom. The lowest BCUT2D eigenvalue weighted by Crippen LogP contribution is -2.52. The van der Waals surface area contributed by atoms with Crippen LogP contribution in [-0.2, 0) is 16.0 Å². The summed E-state index contributed by atoms with van der Waals surface area (Å²) in [5.74, 6) is -1.17. The van der Waals surface area contributed by atoms with Crippen molar-refractivity contribution >= 4 is 34.8 Å². The SMILES string of the molecule is CCc1cccc2c(C=C3C(=O)N(C)C(=O)N(C)C3=O)c[nH]c12. The molecular formula is C17H17N3O3. The lowest BCUT2D eigenvalue weighted by atomic mass is 10.0. The van der Waals surface area contributed by atoms with Crippen LogP contribution in [0, 0.1) is 0 Å². The molecule has 2 heterocycles. The monoisotopic (exact) mass is 311 g/mol. The normalized spacial score (nSPS) is 15.8. The largest absolute Gasteiger partial charge is 0.360 e. The summed E-state index contributed by atoms with van der Waals surface area (Å²) in [5.41, 5.74) is 2.90. The number of para-hydroxylation sites is 1. The summed E-state index contributed by atoms with van der Waals surface area (Å²) in [4.78, 5) is 41.4. The van der Waals surface area contributed by atoms with E-state index in [-0.39, 0.29) is 5.57 Å². The third kappa shape index (κ3) is 2.23. The molecule has 0 unspecified atom stereocenters. The van der Waals surface area contributed by atoms with Crippen LogP contribution in [0.4, 0.5) is 4.79 Å². The van der Waals surface area contributed by atoms with Crippen molar-refractivity contribution in [3.8, 4) is 0 Å². The van der Waals surface area contributed by atoms with Gasteiger partial charge in [0.1, 0.15) is 5.57 Å². The molecule has 1 aliphatic rings. The Balaban J connectivity index is 2.13. The predicted molar refractivity (Wildman–Crippen MR) is 86.6 cm³/mol. The number of imide groups is 2. The molecule has 23 heavy (non-hydrogen) atoms. The summed E-state index contributed by atoms with van der Waals surface area (Å²) in [6.07, 6.45) is 4.20. The Morgan fingerprint density at radius 2 is 1.74 bits per heavy atom. The highest BCUT2D eigenvalue weighted by Crippen LogP contribution is 2.26. The second kappa shape index (κ2) is 5.39. The Labute approximate surface area is 133 Å². The molecule has 1 N–H and O–H groups in total. The van der Waals surface area contributed by atoms with Crippen molar-refractivity contribution in [2.75, 3.05) is 14.1 Å². The number of hydrogen-bond acceptors (Lipinski definition) is 3. The third-order valence-electron chi connectivity index (χ3n) is 4.16. The van der Waals surface area contributed by atoms with E-state index in [1.807, 2.05) is 18.2 Å². The van der Waals surface area contributed by atoms with Crippen LogP contribution in [0.15, 0.2) is 30.0 Å². The number of aromatic amines is 1. The van der Waals surface area contributed by atoms with E-state index in [9.17, 15) is 14.4 Å². The van der Waals surface area contributed by atoms with E-state index in [0.29, 0.717) is 0 Å². The summed E-state index contributed by atoms with van der Waals surface area (Å²) in [5, 5.41) is 0.944. The molecule has 0 spiro atoms. The van der Waals surface area contributed by atoms with Crippen molar-refractivity contribution in [1.29, 1.82) is 0 Å². The summed E-state index contributed by atoms with van der Waals surface area (Å²) in [6, 6.07) is 5.30. The van der Waals surface area contributed by atoms with E-state index in [2.05, 4.69) is 11.9 Å². The Morgan fingerprint density at radius 3 is 2.35 bits per heavy atom. The van der Waals surface area contributed by atoms with E-state index in [0.717, 1.165) is 38.3 Å². The number of hydrogen-bond donors (Lipinski definition) is 1. The van der Waals surface area contributed by atoms with Crippen LogP contribution in [0.5, 0.6) is 0 Å². The Bertz CT molecular complexity index is 837. The number of nitrogens with zero attached hydrogens (tertiary/aromatic N) is 2. The predicted octanol–water partition coefficient (Wildman–Crippen LogP) is 2.16. The minimum Gasteiger partial charge on any atom is -0.360 e. The average molecular weight is 311 g/mol. The van der Waals surface area contributed by atoms with Gasteiger partial charge in [0.15, 0.2) is 0 Å². The lowest BCUT2D eigenvalue weighted by Gasteiger charge is -2.28. The fourth-order valence-corrected chi connectivity index (χ4v) is 2.78. The zero-order valence-corrected chi connectivity index (χ0v) is 13.2. The van der Waals surface area contributed by atoms with Crippen molar-refractivity contribution in [2.24, 2.45) is 0 Å². The third-order valence-corrected chi connectivity index (χ3v) is 4.16. The molecule has 1 aromatic carbocycles. The van der Waals surface area contributed by atoms with Gasteiger partial charge in [0.2, 0.25) is 0 Å². The first-order chi connectivity index (χ1) is 11.0. The van der Waals surface area contributed by atoms with Crippen LogP contribution >= 0.6 is 0 Å². The number of fused-ring (bicyclic) bond motifs is 1. The minimum atomic E-state index is -0.621. The van der Waals surface area contributed by atoms with Gasteiger partial charge in [-0.3, -0.25) is 19.4 Å². The Hall–Kier alpha value is -2.89. The van der Waals surface area contributed by atoms with Gasteiger partial charge in [0.25, 0.3) is 11.8 Å². The van der Waals surface area contributed by atoms with Crippen molar-refractivity contribution < 1.29 is 14.4 Å². The van der Waals surface area contributed by atoms with Gasteiger partial charge in [-0.2, -0.15) is 0 Å². The van der Waals surface area contributed by atoms with Gasteiger partial charge >= 0.3 is 6.03 Å². The molecule has 0 saturated carbocycles. The van der Waals surface area contributed by atoms with Crippen LogP contribution in [0.25, 0.3) is 17.0 Å². The zero-order valence-electron chi connectivity index (χ0n) is 13.2. The quantitative estimate of drug-likeness (QED) is 0.682. The lowest BCUT2D eigenvalue weighted by molar-refractivity contribution is -0.134. The Kier molecular flexibility index (Phi) is 3.52. The molecule has 4 amide bonds. The van der Waals surface area contributed by atoms with Crippen molar-refractivity contribution in [1.82, 2.24) is 14.8 Å². The molecule has 118 valence electrons. The van der Waals surface area contributed by atoms with E-state index in [1.165, 1.54) is 14.1 Å². The molecule has 0 aliphatic carbocycles. The molecule has 6 heteroatoms. The summed E-state index contributed by atoms with van der Waals surface area (Å²) in [6.45, 7) is 2.07. The van der Waals surface area contributed by atoms with E-state index < -0.39 is 17.8 Å². The number of barbiturate groups is 1. The second-order valence-corrected chi connectivity index (χ2v) is 5.51. The van der Waals surface area contributed by atoms with Gasteiger partial charge in [-0.15, -0.1) is 0 Å². The number of urea groups is 1. The van der Waals surface area contributed by atoms with Crippen LogP contribution in [0.1, 0.15) is 18.1 Å². The number of carbonyl (C=O) groups is 3. The van der Waals surface area contributed by atoms with E-state index in [1.54, 1.807) is 12.3 Å². The maximum Gasteiger partial charge on any atom is 0.333 e. The van der Waals surface area contributed by atoms with E-state index >= 15 is 0 Å². The molecule has 6 nitrogen and oxygen atoms in total. The van der Waals surface area contributed by atoms with Crippen LogP contribution in [0.2, 0.25) is 0 Å². The summed E-state index contributed by atoms with van der Waals surface area (Å²) < 4.78 is 0. The molecule has 1 aromatic heterocycles. The number of rotatable bonds is 2. The van der Waals surface area contributed by atoms with Crippen LogP contribution in [-0.4, -0.2) is 46.7 Å². The fourth-order valence-electron chi connectivity index (χ4n) is 2.78. The maximum atomic E-state index is 12.3. The molecule has 0 atom stereocenters. The highest BCUT2D eigenvalue weighted by Gasteiger charge is 2.37. The molecule has 0 bridgehead atoms. The molecule has 1 aliphatic heterocycles. The minimum absolute atomic E-state index is 0.0163. The first-order valence-electron chi connectivity index (χ1n) is 7.36. The van der Waals surface area contributed by atoms with Crippen LogP contribution in [0.3, 0.4) is 0 Å². The standard InChI is InChI=1S/C17H17N3O3/c1-4-10-6-5-7-12-11(9-18-14(10)12)8-13-15(21)19(2)17(23)20(3)16(13)22/h5-9,18H,4H2,1-3H3. The summed E-state index contributed by atoms with van der Waals surface area (Å²) >= 11 is 0. The van der Waals surface area contributed by atoms with Gasteiger partial charge in [-0.1, -0.05) is 25.1 Å². The zero-order chi connectivity index (χ0) is 16.7. The number of likely N-dealkylation sites (N-methyl/N-ethyl adjacent to an activating group) is 2. The number of H-pyrrole nitrogens is 1. The number of nitrogens with one attached hydrogen (secondary N) is 1. The first kappa shape index (κ1) is 15.0. The topological polar surface area (TPSA) is 73.5 Å². The summed E-state index contributed by atoms with van der Waals surface area (Å²) in [7, 11) is 2.73. The smallest absolute Gasteiger partial charge is 0.333 e. The number of aryl methyl sites for hydroxylation is 1. The number of amides is 4. The molecule has 1 fully saturated rings. The molecule has 1 saturated heterocycles. The van der Waals surface area contributed by atoms with Crippen molar-refractivity contribution in [3.05, 3.63) is 41.1 Å². The van der Waals surface area contributed by atoms with Crippen molar-refractivity contribution in [3.63, 3.8) is 0 Å². The molecule has 0 radical (unpaired) electrons. The van der Waals surface area contributed by atoms with Gasteiger partial charge in [0.05, 0.1) is 0 Å². The fraction of sp³-hybridized carbons (Fsp3) is 0.235. The van der Waals surface area contributed by atoms with E-state index in [4.69, 9.17) is 0 Å². The number of benzene rings is 1. The first-order valence-corrected chi connectivity index (χ1v) is 7.36. The molecular weight excluding hydrogens is 294 g/mol. The highest BCUT2D eigenvalue weighted by atomic mass is 16.2. The number of aromatic nitrogens is 1. The van der Waals surface area contributed by atoms with Gasteiger partial charge in [-0.25, -0.2) is 4.79 Å². The molecule has 2 aromatic rings. The van der Waals surface area contributed by atoms with Crippen molar-refractivity contribution in [2.45, 2.75) is 13.3 Å².